The molecule has 4 rings (SSSR count). The first-order valence-electron chi connectivity index (χ1n) is 10.3. The molecular formula is C25H30Cl2Si2Zr. The van der Waals surface area contributed by atoms with Crippen molar-refractivity contribution in [3.8, 4) is 11.1 Å². The molecular weight excluding hydrogens is 519 g/mol. The summed E-state index contributed by atoms with van der Waals surface area (Å²) in [4.78, 5) is 0. The molecule has 0 saturated heterocycles. The molecule has 0 nitrogen and oxygen atoms in total. The van der Waals surface area contributed by atoms with Crippen molar-refractivity contribution in [2.75, 3.05) is 0 Å². The van der Waals surface area contributed by atoms with E-state index in [0.717, 1.165) is 3.63 Å². The summed E-state index contributed by atoms with van der Waals surface area (Å²) in [6.45, 7) is 12.4. The van der Waals surface area contributed by atoms with Crippen molar-refractivity contribution in [1.29, 1.82) is 0 Å². The summed E-state index contributed by atoms with van der Waals surface area (Å²) >= 11 is -1.66. The Labute approximate surface area is 203 Å². The van der Waals surface area contributed by atoms with Crippen LogP contribution in [0.1, 0.15) is 21.2 Å². The first-order valence-corrected chi connectivity index (χ1v) is 22.7. The minimum Gasteiger partial charge on any atom is -1.00 e. The van der Waals surface area contributed by atoms with E-state index in [4.69, 9.17) is 0 Å². The standard InChI is InChI=1S/C18H19Si.C5H5.C2H6Si.2ClH.Zr/c1-19(2,3)16-12-10-15(11-13-16)18-9-5-7-14-6-4-8-17(14)18;1-2-4-5-3-1;1-3-2;;;/h4-13H,1-3H3;1-3H,4H2;1-2H3;2*1H;/q;;;;;+2/p-2. The van der Waals surface area contributed by atoms with Crippen molar-refractivity contribution in [2.45, 2.75) is 42.8 Å². The van der Waals surface area contributed by atoms with Crippen LogP contribution in [0.15, 0.2) is 70.0 Å². The summed E-state index contributed by atoms with van der Waals surface area (Å²) in [5.41, 5.74) is 5.65. The predicted molar refractivity (Wildman–Crippen MR) is 126 cm³/mol. The first-order chi connectivity index (χ1) is 13.4. The Morgan fingerprint density at radius 2 is 1.67 bits per heavy atom. The van der Waals surface area contributed by atoms with Gasteiger partial charge in [0.1, 0.15) is 0 Å². The van der Waals surface area contributed by atoms with Gasteiger partial charge >= 0.3 is 180 Å². The van der Waals surface area contributed by atoms with Crippen molar-refractivity contribution in [3.05, 3.63) is 81.2 Å². The van der Waals surface area contributed by atoms with Crippen LogP contribution in [0, 0.1) is 0 Å². The third kappa shape index (κ3) is 5.13. The molecule has 30 heavy (non-hydrogen) atoms. The number of rotatable bonds is 4. The molecule has 0 fully saturated rings. The summed E-state index contributed by atoms with van der Waals surface area (Å²) in [7, 11) is -1.25. The summed E-state index contributed by atoms with van der Waals surface area (Å²) in [5.74, 6) is 0. The van der Waals surface area contributed by atoms with Gasteiger partial charge in [-0.2, -0.15) is 0 Å². The molecule has 0 N–H and O–H groups in total. The third-order valence-electron chi connectivity index (χ3n) is 5.96. The molecule has 2 aliphatic rings. The molecule has 0 aliphatic heterocycles. The second-order valence-electron chi connectivity index (χ2n) is 9.21. The van der Waals surface area contributed by atoms with Gasteiger partial charge in [0.05, 0.1) is 0 Å². The number of halogens is 2. The largest absolute Gasteiger partial charge is 1.00 e. The number of hydrogen-bond acceptors (Lipinski definition) is 0. The fourth-order valence-corrected chi connectivity index (χ4v) is 23.4. The Balaban J connectivity index is 0.00000160. The molecule has 2 aliphatic carbocycles. The molecule has 0 spiro atoms. The summed E-state index contributed by atoms with van der Waals surface area (Å²) in [6, 6.07) is 16.5. The van der Waals surface area contributed by atoms with E-state index in [-0.39, 0.29) is 30.2 Å². The third-order valence-corrected chi connectivity index (χ3v) is 26.2. The van der Waals surface area contributed by atoms with Crippen LogP contribution in [-0.2, 0) is 20.4 Å². The van der Waals surface area contributed by atoms with E-state index >= 15 is 0 Å². The molecule has 0 amide bonds. The fraction of sp³-hybridized carbons (Fsp3) is 0.280. The summed E-state index contributed by atoms with van der Waals surface area (Å²) in [6.07, 6.45) is 13.3. The quantitative estimate of drug-likeness (QED) is 0.494. The van der Waals surface area contributed by atoms with Crippen molar-refractivity contribution >= 4 is 24.8 Å². The van der Waals surface area contributed by atoms with E-state index in [1.165, 1.54) is 28.3 Å². The monoisotopic (exact) mass is 546 g/mol. The Bertz CT molecular complexity index is 1040. The maximum Gasteiger partial charge on any atom is -1.00 e. The van der Waals surface area contributed by atoms with Gasteiger partial charge in [-0.1, -0.05) is 0 Å². The maximum absolute atomic E-state index is 2.57. The van der Waals surface area contributed by atoms with E-state index in [2.05, 4.69) is 106 Å². The van der Waals surface area contributed by atoms with Crippen LogP contribution in [0.5, 0.6) is 0 Å². The van der Waals surface area contributed by atoms with E-state index in [9.17, 15) is 0 Å². The molecule has 5 heteroatoms. The topological polar surface area (TPSA) is 0 Å². The number of benzene rings is 2. The van der Waals surface area contributed by atoms with Crippen molar-refractivity contribution in [1.82, 2.24) is 0 Å². The van der Waals surface area contributed by atoms with Gasteiger partial charge in [0.2, 0.25) is 0 Å². The van der Waals surface area contributed by atoms with E-state index < -0.39 is 28.4 Å². The average molecular weight is 549 g/mol. The molecule has 1 atom stereocenters. The normalized spacial score (nSPS) is 16.1. The average Bonchev–Trinajstić information content (AvgIpc) is 3.32. The fourth-order valence-electron chi connectivity index (χ4n) is 4.47. The Morgan fingerprint density at radius 1 is 0.967 bits per heavy atom. The predicted octanol–water partition coefficient (Wildman–Crippen LogP) is 0.688. The molecule has 0 aromatic heterocycles. The number of fused-ring (bicyclic) bond motifs is 1. The second-order valence-corrected chi connectivity index (χ2v) is 32.0. The minimum atomic E-state index is -1.66. The Morgan fingerprint density at radius 3 is 2.23 bits per heavy atom. The molecule has 0 heterocycles. The number of allylic oxidation sites excluding steroid dienone is 5. The maximum atomic E-state index is 2.57. The summed E-state index contributed by atoms with van der Waals surface area (Å²) in [5, 5.41) is 1.54. The zero-order chi connectivity index (χ0) is 19.9. The molecule has 156 valence electrons. The van der Waals surface area contributed by atoms with E-state index in [1.54, 1.807) is 5.56 Å². The molecule has 0 radical (unpaired) electrons. The van der Waals surface area contributed by atoms with Crippen LogP contribution in [0.2, 0.25) is 32.7 Å². The van der Waals surface area contributed by atoms with Gasteiger partial charge in [0.15, 0.2) is 0 Å². The van der Waals surface area contributed by atoms with Crippen LogP contribution in [0.3, 0.4) is 0 Å². The van der Waals surface area contributed by atoms with Crippen molar-refractivity contribution < 1.29 is 45.2 Å². The Kier molecular flexibility index (Phi) is 8.99. The van der Waals surface area contributed by atoms with Crippen molar-refractivity contribution in [3.63, 3.8) is 0 Å². The van der Waals surface area contributed by atoms with Gasteiger partial charge in [-0.3, -0.25) is 0 Å². The van der Waals surface area contributed by atoms with Gasteiger partial charge in [-0.25, -0.2) is 0 Å². The van der Waals surface area contributed by atoms with Crippen LogP contribution in [0.4, 0.5) is 0 Å². The van der Waals surface area contributed by atoms with Gasteiger partial charge in [-0.05, 0) is 0 Å². The van der Waals surface area contributed by atoms with Crippen LogP contribution >= 0.6 is 0 Å². The van der Waals surface area contributed by atoms with Crippen molar-refractivity contribution in [2.24, 2.45) is 0 Å². The van der Waals surface area contributed by atoms with Gasteiger partial charge in [-0.15, -0.1) is 0 Å². The summed E-state index contributed by atoms with van der Waals surface area (Å²) < 4.78 is 2.56. The van der Waals surface area contributed by atoms with Gasteiger partial charge < -0.3 is 24.8 Å². The second kappa shape index (κ2) is 10.4. The van der Waals surface area contributed by atoms with Crippen LogP contribution in [0.25, 0.3) is 17.2 Å². The van der Waals surface area contributed by atoms with Gasteiger partial charge in [0, 0.05) is 0 Å². The minimum absolute atomic E-state index is 0. The SMILES string of the molecule is C[Si](C)=[Zr+2]([C]1=CC=CC1)[CH]1C=Cc2c(-c3ccc([Si](C)(C)C)cc3)cccc21.[Cl-].[Cl-]. The first kappa shape index (κ1) is 25.8. The molecule has 0 saturated carbocycles. The Hall–Kier alpha value is -0.443. The zero-order valence-corrected chi connectivity index (χ0v) is 24.4. The van der Waals surface area contributed by atoms with Crippen LogP contribution < -0.4 is 30.0 Å². The van der Waals surface area contributed by atoms with E-state index in [1.807, 2.05) is 3.28 Å². The van der Waals surface area contributed by atoms with Crippen LogP contribution in [-0.4, -0.2) is 13.5 Å². The number of hydrogen-bond donors (Lipinski definition) is 0. The zero-order valence-electron chi connectivity index (χ0n) is 18.5. The smallest absolute Gasteiger partial charge is 1.00 e. The van der Waals surface area contributed by atoms with Gasteiger partial charge in [0.25, 0.3) is 0 Å². The molecule has 0 bridgehead atoms. The molecule has 2 aromatic rings. The van der Waals surface area contributed by atoms with E-state index in [0.29, 0.717) is 0 Å². The molecule has 1 unspecified atom stereocenters. The molecule has 2 aromatic carbocycles.